The maximum atomic E-state index is 10.0. The van der Waals surface area contributed by atoms with E-state index in [0.717, 1.165) is 0 Å². The van der Waals surface area contributed by atoms with E-state index in [-0.39, 0.29) is 73.5 Å². The van der Waals surface area contributed by atoms with Crippen LogP contribution in [0, 0.1) is 0 Å². The molecule has 0 saturated carbocycles. The van der Waals surface area contributed by atoms with E-state index in [9.17, 15) is 9.60 Å². The minimum absolute atomic E-state index is 0.00407. The number of hydrogen-bond acceptors (Lipinski definition) is 1. The first-order chi connectivity index (χ1) is 26.9. The molecule has 1 heterocycles. The van der Waals surface area contributed by atoms with Crippen molar-refractivity contribution in [2.75, 3.05) is 0 Å². The Morgan fingerprint density at radius 1 is 0.378 bits per heavy atom. The third-order valence-electron chi connectivity index (χ3n) is 8.23. The zero-order chi connectivity index (χ0) is 39.3. The highest BCUT2D eigenvalue weighted by Gasteiger charge is 2.22. The SMILES string of the molecule is [2H]c1c([2H])c([2H])c(-c2c3c([2H])c([2H])c([2H])c([2H])c3c(-c3cccc4oc5ccccc5c34)c3c([2H])c([2H])c(-c4ccccc4)c([2H])c23)c(-c2ccccc2)c1[2H]. The Balaban J connectivity index is 1.66. The summed E-state index contributed by atoms with van der Waals surface area (Å²) in [5, 5.41) is 1.22. The van der Waals surface area contributed by atoms with E-state index in [1.165, 1.54) is 0 Å². The van der Waals surface area contributed by atoms with Crippen molar-refractivity contribution in [3.8, 4) is 44.5 Å². The quantitative estimate of drug-likeness (QED) is 0.188. The average molecular weight is 584 g/mol. The summed E-state index contributed by atoms with van der Waals surface area (Å²) in [6.45, 7) is 0. The highest BCUT2D eigenvalue weighted by molar-refractivity contribution is 6.26. The van der Waals surface area contributed by atoms with Gasteiger partial charge in [-0.15, -0.1) is 0 Å². The number of furan rings is 1. The maximum Gasteiger partial charge on any atom is 0.136 e. The van der Waals surface area contributed by atoms with Crippen LogP contribution in [0.4, 0.5) is 0 Å². The van der Waals surface area contributed by atoms with Crippen molar-refractivity contribution in [2.45, 2.75) is 0 Å². The number of fused-ring (bicyclic) bond motifs is 5. The number of para-hydroxylation sites is 1. The standard InChI is InChI=1S/C44H28O/c1-3-14-29(15-4-1)31-26-27-36-39(28-31)43(33-19-8-7-18-32(33)30-16-5-2-6-17-30)35-21-10-9-20-34(35)42(36)38-23-13-25-41-44(38)37-22-11-12-24-40(37)45-41/h1-28H/i7D,8D,9D,10D,18D,19D,20D,21D,26D,27D,28D. The lowest BCUT2D eigenvalue weighted by Crippen LogP contribution is -1.93. The normalized spacial score (nSPS) is 15.0. The molecule has 0 spiro atoms. The largest absolute Gasteiger partial charge is 0.456 e. The molecule has 0 aliphatic carbocycles. The van der Waals surface area contributed by atoms with Gasteiger partial charge in [-0.3, -0.25) is 0 Å². The number of hydrogen-bond donors (Lipinski definition) is 0. The Kier molecular flexibility index (Phi) is 3.87. The predicted molar refractivity (Wildman–Crippen MR) is 190 cm³/mol. The van der Waals surface area contributed by atoms with E-state index in [0.29, 0.717) is 38.6 Å². The van der Waals surface area contributed by atoms with Gasteiger partial charge in [-0.25, -0.2) is 0 Å². The lowest BCUT2D eigenvalue weighted by Gasteiger charge is -2.21. The van der Waals surface area contributed by atoms with E-state index >= 15 is 0 Å². The van der Waals surface area contributed by atoms with Crippen LogP contribution in [-0.2, 0) is 0 Å². The van der Waals surface area contributed by atoms with E-state index in [1.54, 1.807) is 78.9 Å². The Labute approximate surface area is 277 Å². The van der Waals surface area contributed by atoms with Gasteiger partial charge in [0, 0.05) is 10.8 Å². The number of benzene rings is 8. The second-order valence-corrected chi connectivity index (χ2v) is 10.8. The second-order valence-electron chi connectivity index (χ2n) is 10.8. The van der Waals surface area contributed by atoms with Crippen LogP contribution in [0.3, 0.4) is 0 Å². The fourth-order valence-corrected chi connectivity index (χ4v) is 6.29. The van der Waals surface area contributed by atoms with Crippen molar-refractivity contribution in [2.24, 2.45) is 0 Å². The summed E-state index contributed by atoms with van der Waals surface area (Å²) in [6.07, 6.45) is 0. The van der Waals surface area contributed by atoms with Crippen LogP contribution < -0.4 is 0 Å². The lowest BCUT2D eigenvalue weighted by atomic mass is 9.82. The van der Waals surface area contributed by atoms with Crippen LogP contribution >= 0.6 is 0 Å². The van der Waals surface area contributed by atoms with Gasteiger partial charge < -0.3 is 4.42 Å². The molecule has 0 bridgehead atoms. The molecule has 0 fully saturated rings. The fraction of sp³-hybridized carbons (Fsp3) is 0. The first-order valence-corrected chi connectivity index (χ1v) is 14.6. The molecule has 0 amide bonds. The molecule has 210 valence electrons. The smallest absolute Gasteiger partial charge is 0.136 e. The Bertz CT molecular complexity index is 3140. The highest BCUT2D eigenvalue weighted by Crippen LogP contribution is 2.49. The summed E-state index contributed by atoms with van der Waals surface area (Å²) >= 11 is 0. The Morgan fingerprint density at radius 2 is 0.978 bits per heavy atom. The molecule has 8 aromatic carbocycles. The first kappa shape index (κ1) is 16.8. The molecule has 1 aromatic heterocycles. The monoisotopic (exact) mass is 583 g/mol. The summed E-state index contributed by atoms with van der Waals surface area (Å²) in [5.74, 6) is 0. The molecule has 1 nitrogen and oxygen atoms in total. The molecule has 0 saturated heterocycles. The second kappa shape index (κ2) is 10.4. The van der Waals surface area contributed by atoms with Gasteiger partial charge in [0.2, 0.25) is 0 Å². The molecule has 0 atom stereocenters. The summed E-state index contributed by atoms with van der Waals surface area (Å²) in [7, 11) is 0. The fourth-order valence-electron chi connectivity index (χ4n) is 6.29. The summed E-state index contributed by atoms with van der Waals surface area (Å²) in [6, 6.07) is 25.0. The van der Waals surface area contributed by atoms with Gasteiger partial charge in [-0.1, -0.05) is 151 Å². The van der Waals surface area contributed by atoms with Crippen molar-refractivity contribution < 1.29 is 19.5 Å². The van der Waals surface area contributed by atoms with Crippen molar-refractivity contribution in [3.05, 3.63) is 170 Å². The molecule has 0 radical (unpaired) electrons. The third-order valence-corrected chi connectivity index (χ3v) is 8.23. The van der Waals surface area contributed by atoms with Crippen LogP contribution in [0.1, 0.15) is 15.1 Å². The molecule has 0 aliphatic rings. The Hall–Kier alpha value is -5.92. The van der Waals surface area contributed by atoms with Gasteiger partial charge in [0.15, 0.2) is 0 Å². The molecule has 1 heteroatoms. The van der Waals surface area contributed by atoms with Gasteiger partial charge in [0.05, 0.1) is 15.1 Å². The molecule has 0 unspecified atom stereocenters. The lowest BCUT2D eigenvalue weighted by molar-refractivity contribution is 0.669. The maximum absolute atomic E-state index is 10.0. The van der Waals surface area contributed by atoms with E-state index in [4.69, 9.17) is 9.90 Å². The van der Waals surface area contributed by atoms with Crippen LogP contribution in [0.15, 0.2) is 174 Å². The Morgan fingerprint density at radius 3 is 1.76 bits per heavy atom. The van der Waals surface area contributed by atoms with Gasteiger partial charge in [-0.05, 0) is 84.2 Å². The summed E-state index contributed by atoms with van der Waals surface area (Å²) in [4.78, 5) is 0. The molecule has 0 aliphatic heterocycles. The summed E-state index contributed by atoms with van der Waals surface area (Å²) in [5.41, 5.74) is 2.53. The van der Waals surface area contributed by atoms with Crippen molar-refractivity contribution in [3.63, 3.8) is 0 Å². The zero-order valence-electron chi connectivity index (χ0n) is 34.7. The van der Waals surface area contributed by atoms with Crippen LogP contribution in [0.2, 0.25) is 0 Å². The minimum atomic E-state index is -0.582. The van der Waals surface area contributed by atoms with Crippen molar-refractivity contribution in [1.82, 2.24) is 0 Å². The molecule has 45 heavy (non-hydrogen) atoms. The molecule has 9 rings (SSSR count). The van der Waals surface area contributed by atoms with Crippen LogP contribution in [0.25, 0.3) is 88.0 Å². The van der Waals surface area contributed by atoms with Gasteiger partial charge in [0.1, 0.15) is 11.2 Å². The van der Waals surface area contributed by atoms with E-state index in [2.05, 4.69) is 0 Å². The van der Waals surface area contributed by atoms with Crippen LogP contribution in [0.5, 0.6) is 0 Å². The van der Waals surface area contributed by atoms with Gasteiger partial charge in [0.25, 0.3) is 0 Å². The van der Waals surface area contributed by atoms with Crippen LogP contribution in [-0.4, -0.2) is 0 Å². The van der Waals surface area contributed by atoms with E-state index in [1.807, 2.05) is 24.3 Å². The molecule has 0 N–H and O–H groups in total. The molecule has 9 aromatic rings. The van der Waals surface area contributed by atoms with Crippen molar-refractivity contribution in [1.29, 1.82) is 0 Å². The predicted octanol–water partition coefficient (Wildman–Crippen LogP) is 12.6. The molecular formula is C44H28O. The first-order valence-electron chi connectivity index (χ1n) is 20.1. The van der Waals surface area contributed by atoms with E-state index < -0.39 is 42.3 Å². The third kappa shape index (κ3) is 4.09. The summed E-state index contributed by atoms with van der Waals surface area (Å²) < 4.78 is 109. The van der Waals surface area contributed by atoms with Crippen molar-refractivity contribution >= 4 is 43.5 Å². The number of rotatable bonds is 4. The molecular weight excluding hydrogens is 544 g/mol. The van der Waals surface area contributed by atoms with Gasteiger partial charge >= 0.3 is 0 Å². The van der Waals surface area contributed by atoms with Gasteiger partial charge in [-0.2, -0.15) is 0 Å². The topological polar surface area (TPSA) is 13.1 Å². The average Bonchev–Trinajstić information content (AvgIpc) is 3.61. The minimum Gasteiger partial charge on any atom is -0.456 e. The highest BCUT2D eigenvalue weighted by atomic mass is 16.3. The zero-order valence-corrected chi connectivity index (χ0v) is 23.7.